The van der Waals surface area contributed by atoms with E-state index in [4.69, 9.17) is 0 Å². The van der Waals surface area contributed by atoms with Gasteiger partial charge in [-0.2, -0.15) is 0 Å². The van der Waals surface area contributed by atoms with Crippen LogP contribution in [-0.4, -0.2) is 0 Å². The summed E-state index contributed by atoms with van der Waals surface area (Å²) in [7, 11) is 0. The lowest BCUT2D eigenvalue weighted by molar-refractivity contribution is 0.578. The fraction of sp³-hybridized carbons (Fsp3) is 0.222. The van der Waals surface area contributed by atoms with Crippen LogP contribution >= 0.6 is 15.9 Å². The lowest BCUT2D eigenvalue weighted by atomic mass is 9.87. The first-order valence-electron chi connectivity index (χ1n) is 6.54. The van der Waals surface area contributed by atoms with E-state index in [0.717, 1.165) is 11.6 Å². The second-order valence-electron chi connectivity index (χ2n) is 5.83. The molecule has 0 spiro atoms. The van der Waals surface area contributed by atoms with Crippen LogP contribution in [-0.2, 0) is 5.41 Å². The minimum absolute atomic E-state index is 0.0840. The van der Waals surface area contributed by atoms with E-state index in [-0.39, 0.29) is 9.89 Å². The molecule has 0 bridgehead atoms. The highest BCUT2D eigenvalue weighted by Crippen LogP contribution is 2.23. The molecule has 2 rings (SSSR count). The average Bonchev–Trinajstić information content (AvgIpc) is 2.40. The van der Waals surface area contributed by atoms with Gasteiger partial charge in [-0.15, -0.1) is 0 Å². The second kappa shape index (κ2) is 5.99. The van der Waals surface area contributed by atoms with E-state index in [1.807, 2.05) is 24.3 Å². The average molecular weight is 349 g/mol. The molecule has 108 valence electrons. The fourth-order valence-corrected chi connectivity index (χ4v) is 2.17. The Hall–Kier alpha value is -1.66. The molecule has 0 fully saturated rings. The molecule has 2 aromatic carbocycles. The van der Waals surface area contributed by atoms with Crippen molar-refractivity contribution in [1.29, 1.82) is 0 Å². The monoisotopic (exact) mass is 348 g/mol. The lowest BCUT2D eigenvalue weighted by Crippen LogP contribution is -2.10. The van der Waals surface area contributed by atoms with Gasteiger partial charge in [-0.05, 0) is 45.1 Å². The Morgan fingerprint density at radius 1 is 0.952 bits per heavy atom. The molecule has 0 atom stereocenters. The van der Waals surface area contributed by atoms with Crippen LogP contribution in [0.25, 0.3) is 0 Å². The van der Waals surface area contributed by atoms with Gasteiger partial charge in [0.05, 0.1) is 4.47 Å². The summed E-state index contributed by atoms with van der Waals surface area (Å²) < 4.78 is 26.8. The van der Waals surface area contributed by atoms with Crippen LogP contribution in [0.15, 0.2) is 40.9 Å². The van der Waals surface area contributed by atoms with E-state index >= 15 is 0 Å². The molecule has 2 aromatic rings. The van der Waals surface area contributed by atoms with Gasteiger partial charge in [0, 0.05) is 17.2 Å². The van der Waals surface area contributed by atoms with Gasteiger partial charge in [0.2, 0.25) is 0 Å². The van der Waals surface area contributed by atoms with E-state index < -0.39 is 11.6 Å². The van der Waals surface area contributed by atoms with E-state index in [1.165, 1.54) is 11.6 Å². The smallest absolute Gasteiger partial charge is 0.141 e. The first-order valence-corrected chi connectivity index (χ1v) is 7.34. The summed E-state index contributed by atoms with van der Waals surface area (Å²) in [5.41, 5.74) is 2.40. The molecule has 21 heavy (non-hydrogen) atoms. The molecule has 0 aliphatic heterocycles. The molecule has 0 saturated carbocycles. The highest BCUT2D eigenvalue weighted by atomic mass is 79.9. The van der Waals surface area contributed by atoms with Crippen LogP contribution < -0.4 is 0 Å². The summed E-state index contributed by atoms with van der Waals surface area (Å²) in [6.07, 6.45) is 0. The second-order valence-corrected chi connectivity index (χ2v) is 6.62. The van der Waals surface area contributed by atoms with Gasteiger partial charge in [-0.1, -0.05) is 44.7 Å². The van der Waals surface area contributed by atoms with Crippen LogP contribution in [0, 0.1) is 23.5 Å². The number of hydrogen-bond acceptors (Lipinski definition) is 0. The van der Waals surface area contributed by atoms with E-state index in [1.54, 1.807) is 0 Å². The van der Waals surface area contributed by atoms with Gasteiger partial charge < -0.3 is 0 Å². The van der Waals surface area contributed by atoms with Crippen molar-refractivity contribution in [2.75, 3.05) is 0 Å². The molecular formula is C18H15BrF2. The molecule has 3 heteroatoms. The van der Waals surface area contributed by atoms with Gasteiger partial charge in [0.25, 0.3) is 0 Å². The van der Waals surface area contributed by atoms with Crippen molar-refractivity contribution in [1.82, 2.24) is 0 Å². The van der Waals surface area contributed by atoms with Crippen molar-refractivity contribution in [3.8, 4) is 11.8 Å². The normalized spacial score (nSPS) is 11.0. The molecule has 0 N–H and O–H groups in total. The molecule has 0 heterocycles. The largest absolute Gasteiger partial charge is 0.207 e. The zero-order chi connectivity index (χ0) is 15.6. The standard InChI is InChI=1S/C18H15BrF2/c1-18(2,3)14-8-5-12(6-9-14)4-7-13-10-15(20)11-16(21)17(13)19/h5-6,8-11H,1-3H3. The van der Waals surface area contributed by atoms with Crippen molar-refractivity contribution in [3.05, 3.63) is 69.2 Å². The van der Waals surface area contributed by atoms with Crippen LogP contribution in [0.5, 0.6) is 0 Å². The van der Waals surface area contributed by atoms with Crippen LogP contribution in [0.4, 0.5) is 8.78 Å². The van der Waals surface area contributed by atoms with Crippen molar-refractivity contribution in [2.24, 2.45) is 0 Å². The summed E-state index contributed by atoms with van der Waals surface area (Å²) in [4.78, 5) is 0. The third-order valence-electron chi connectivity index (χ3n) is 3.09. The molecule has 0 radical (unpaired) electrons. The van der Waals surface area contributed by atoms with E-state index in [9.17, 15) is 8.78 Å². The van der Waals surface area contributed by atoms with Crippen LogP contribution in [0.3, 0.4) is 0 Å². The minimum Gasteiger partial charge on any atom is -0.207 e. The molecule has 0 saturated heterocycles. The quantitative estimate of drug-likeness (QED) is 0.440. The molecule has 0 aromatic heterocycles. The molecule has 0 nitrogen and oxygen atoms in total. The summed E-state index contributed by atoms with van der Waals surface area (Å²) in [5, 5.41) is 0. The maximum absolute atomic E-state index is 13.4. The summed E-state index contributed by atoms with van der Waals surface area (Å²) in [6, 6.07) is 9.90. The lowest BCUT2D eigenvalue weighted by Gasteiger charge is -2.18. The van der Waals surface area contributed by atoms with Crippen molar-refractivity contribution in [3.63, 3.8) is 0 Å². The first-order chi connectivity index (χ1) is 9.77. The Labute approximate surface area is 132 Å². The summed E-state index contributed by atoms with van der Waals surface area (Å²) in [6.45, 7) is 6.42. The highest BCUT2D eigenvalue weighted by Gasteiger charge is 2.12. The van der Waals surface area contributed by atoms with Gasteiger partial charge >= 0.3 is 0 Å². The maximum atomic E-state index is 13.4. The Morgan fingerprint density at radius 2 is 1.57 bits per heavy atom. The zero-order valence-corrected chi connectivity index (χ0v) is 13.7. The number of hydrogen-bond donors (Lipinski definition) is 0. The fourth-order valence-electron chi connectivity index (χ4n) is 1.84. The molecule has 0 unspecified atom stereocenters. The van der Waals surface area contributed by atoms with Crippen molar-refractivity contribution >= 4 is 15.9 Å². The van der Waals surface area contributed by atoms with E-state index in [0.29, 0.717) is 5.56 Å². The minimum atomic E-state index is -0.651. The number of rotatable bonds is 0. The maximum Gasteiger partial charge on any atom is 0.141 e. The van der Waals surface area contributed by atoms with Gasteiger partial charge in [-0.3, -0.25) is 0 Å². The summed E-state index contributed by atoms with van der Waals surface area (Å²) >= 11 is 3.08. The Morgan fingerprint density at radius 3 is 2.14 bits per heavy atom. The summed E-state index contributed by atoms with van der Waals surface area (Å²) in [5.74, 6) is 4.43. The Balaban J connectivity index is 2.32. The molecular weight excluding hydrogens is 334 g/mol. The SMILES string of the molecule is CC(C)(C)c1ccc(C#Cc2cc(F)cc(F)c2Br)cc1. The predicted octanol–water partition coefficient (Wildman–Crippen LogP) is 5.42. The van der Waals surface area contributed by atoms with E-state index in [2.05, 4.69) is 48.5 Å². The number of benzene rings is 2. The zero-order valence-electron chi connectivity index (χ0n) is 12.1. The Bertz CT molecular complexity index is 714. The predicted molar refractivity (Wildman–Crippen MR) is 85.2 cm³/mol. The van der Waals surface area contributed by atoms with Crippen molar-refractivity contribution in [2.45, 2.75) is 26.2 Å². The van der Waals surface area contributed by atoms with Gasteiger partial charge in [0.15, 0.2) is 0 Å². The number of halogens is 3. The highest BCUT2D eigenvalue weighted by molar-refractivity contribution is 9.10. The third-order valence-corrected chi connectivity index (χ3v) is 3.89. The molecule has 0 aliphatic carbocycles. The molecule has 0 aliphatic rings. The van der Waals surface area contributed by atoms with Crippen molar-refractivity contribution < 1.29 is 8.78 Å². The third kappa shape index (κ3) is 3.92. The van der Waals surface area contributed by atoms with Crippen LogP contribution in [0.1, 0.15) is 37.5 Å². The Kier molecular flexibility index (Phi) is 4.49. The molecule has 0 amide bonds. The van der Waals surface area contributed by atoms with Crippen LogP contribution in [0.2, 0.25) is 0 Å². The van der Waals surface area contributed by atoms with Gasteiger partial charge in [0.1, 0.15) is 11.6 Å². The first kappa shape index (κ1) is 15.7. The van der Waals surface area contributed by atoms with Gasteiger partial charge in [-0.25, -0.2) is 8.78 Å². The topological polar surface area (TPSA) is 0 Å².